The summed E-state index contributed by atoms with van der Waals surface area (Å²) in [6, 6.07) is 7.01. The lowest BCUT2D eigenvalue weighted by atomic mass is 10.1. The molecule has 1 aromatic carbocycles. The molecule has 0 spiro atoms. The number of nitrogens with one attached hydrogen (secondary N) is 1. The van der Waals surface area contributed by atoms with Crippen LogP contribution in [0.1, 0.15) is 37.8 Å². The first-order valence-electron chi connectivity index (χ1n) is 6.62. The van der Waals surface area contributed by atoms with Crippen molar-refractivity contribution in [3.8, 4) is 0 Å². The molecule has 0 aliphatic carbocycles. The molecule has 0 aliphatic heterocycles. The Morgan fingerprint density at radius 3 is 2.35 bits per heavy atom. The quantitative estimate of drug-likeness (QED) is 0.710. The minimum Gasteiger partial charge on any atom is -0.370 e. The molecule has 0 aliphatic rings. The molecule has 1 unspecified atom stereocenters. The Balaban J connectivity index is 2.44. The lowest BCUT2D eigenvalue weighted by molar-refractivity contribution is -0.118. The Labute approximate surface area is 120 Å². The third-order valence-electron chi connectivity index (χ3n) is 3.11. The highest BCUT2D eigenvalue weighted by atomic mass is 32.2. The van der Waals surface area contributed by atoms with Crippen LogP contribution in [0.15, 0.2) is 29.2 Å². The Kier molecular flexibility index (Phi) is 6.16. The summed E-state index contributed by atoms with van der Waals surface area (Å²) in [5, 5.41) is 3.33. The SMILES string of the molecule is CC(NCCCCC(N)=O)c1ccc(S(C)(=O)=O)cc1. The van der Waals surface area contributed by atoms with Gasteiger partial charge < -0.3 is 11.1 Å². The van der Waals surface area contributed by atoms with Gasteiger partial charge in [0.05, 0.1) is 4.90 Å². The molecule has 0 heterocycles. The molecule has 20 heavy (non-hydrogen) atoms. The summed E-state index contributed by atoms with van der Waals surface area (Å²) in [6.45, 7) is 2.81. The minimum atomic E-state index is -3.14. The second-order valence-corrected chi connectivity index (χ2v) is 6.96. The first-order chi connectivity index (χ1) is 9.30. The van der Waals surface area contributed by atoms with Gasteiger partial charge in [0.25, 0.3) is 0 Å². The zero-order valence-electron chi connectivity index (χ0n) is 11.9. The average molecular weight is 298 g/mol. The maximum Gasteiger partial charge on any atom is 0.217 e. The van der Waals surface area contributed by atoms with Gasteiger partial charge in [-0.2, -0.15) is 0 Å². The highest BCUT2D eigenvalue weighted by Gasteiger charge is 2.09. The summed E-state index contributed by atoms with van der Waals surface area (Å²) in [5.74, 6) is -0.269. The van der Waals surface area contributed by atoms with Crippen molar-refractivity contribution >= 4 is 15.7 Å². The van der Waals surface area contributed by atoms with Gasteiger partial charge in [-0.05, 0) is 44.0 Å². The molecule has 0 bridgehead atoms. The molecule has 0 aromatic heterocycles. The molecule has 1 amide bonds. The topological polar surface area (TPSA) is 89.3 Å². The number of rotatable bonds is 8. The second kappa shape index (κ2) is 7.40. The van der Waals surface area contributed by atoms with E-state index in [9.17, 15) is 13.2 Å². The van der Waals surface area contributed by atoms with Gasteiger partial charge in [-0.25, -0.2) is 8.42 Å². The standard InChI is InChI=1S/C14H22N2O3S/c1-11(16-10-4-3-5-14(15)17)12-6-8-13(9-7-12)20(2,18)19/h6-9,11,16H,3-5,10H2,1-2H3,(H2,15,17). The maximum atomic E-state index is 11.4. The number of unbranched alkanes of at least 4 members (excludes halogenated alkanes) is 1. The summed E-state index contributed by atoms with van der Waals surface area (Å²) in [7, 11) is -3.14. The van der Waals surface area contributed by atoms with Crippen LogP contribution in [-0.2, 0) is 14.6 Å². The van der Waals surface area contributed by atoms with Crippen LogP contribution in [-0.4, -0.2) is 27.1 Å². The van der Waals surface area contributed by atoms with Gasteiger partial charge in [0.1, 0.15) is 0 Å². The molecule has 3 N–H and O–H groups in total. The predicted molar refractivity (Wildman–Crippen MR) is 79.0 cm³/mol. The summed E-state index contributed by atoms with van der Waals surface area (Å²) in [6.07, 6.45) is 3.28. The number of sulfone groups is 1. The number of carbonyl (C=O) groups excluding carboxylic acids is 1. The molecule has 1 atom stereocenters. The predicted octanol–water partition coefficient (Wildman–Crippen LogP) is 1.40. The van der Waals surface area contributed by atoms with Crippen molar-refractivity contribution in [2.75, 3.05) is 12.8 Å². The van der Waals surface area contributed by atoms with Crippen molar-refractivity contribution < 1.29 is 13.2 Å². The molecule has 0 saturated carbocycles. The number of primary amides is 1. The van der Waals surface area contributed by atoms with Crippen molar-refractivity contribution in [1.29, 1.82) is 0 Å². The highest BCUT2D eigenvalue weighted by Crippen LogP contribution is 2.16. The molecule has 5 nitrogen and oxygen atoms in total. The molecule has 112 valence electrons. The highest BCUT2D eigenvalue weighted by molar-refractivity contribution is 7.90. The Morgan fingerprint density at radius 1 is 1.25 bits per heavy atom. The molecule has 0 saturated heterocycles. The van der Waals surface area contributed by atoms with E-state index in [-0.39, 0.29) is 11.9 Å². The number of amides is 1. The Morgan fingerprint density at radius 2 is 1.85 bits per heavy atom. The third-order valence-corrected chi connectivity index (χ3v) is 4.24. The molecule has 0 fully saturated rings. The van der Waals surface area contributed by atoms with Crippen molar-refractivity contribution in [2.45, 2.75) is 37.1 Å². The lowest BCUT2D eigenvalue weighted by Gasteiger charge is -2.14. The zero-order valence-corrected chi connectivity index (χ0v) is 12.7. The van der Waals surface area contributed by atoms with E-state index < -0.39 is 9.84 Å². The Bertz CT molecular complexity index is 538. The smallest absolute Gasteiger partial charge is 0.217 e. The van der Waals surface area contributed by atoms with E-state index in [4.69, 9.17) is 5.73 Å². The second-order valence-electron chi connectivity index (χ2n) is 4.94. The first-order valence-corrected chi connectivity index (χ1v) is 8.51. The van der Waals surface area contributed by atoms with Crippen LogP contribution in [0, 0.1) is 0 Å². The fourth-order valence-electron chi connectivity index (χ4n) is 1.86. The van der Waals surface area contributed by atoms with Crippen LogP contribution in [0.4, 0.5) is 0 Å². The average Bonchev–Trinajstić information content (AvgIpc) is 2.37. The summed E-state index contributed by atoms with van der Waals surface area (Å²) < 4.78 is 22.7. The van der Waals surface area contributed by atoms with Gasteiger partial charge in [-0.1, -0.05) is 12.1 Å². The molecular formula is C14H22N2O3S. The van der Waals surface area contributed by atoms with E-state index in [1.807, 2.05) is 19.1 Å². The van der Waals surface area contributed by atoms with E-state index in [1.54, 1.807) is 12.1 Å². The fraction of sp³-hybridized carbons (Fsp3) is 0.500. The third kappa shape index (κ3) is 5.71. The summed E-state index contributed by atoms with van der Waals surface area (Å²) in [4.78, 5) is 10.9. The van der Waals surface area contributed by atoms with E-state index in [0.717, 1.165) is 24.9 Å². The molecule has 6 heteroatoms. The van der Waals surface area contributed by atoms with E-state index in [0.29, 0.717) is 11.3 Å². The van der Waals surface area contributed by atoms with E-state index in [1.165, 1.54) is 6.26 Å². The summed E-state index contributed by atoms with van der Waals surface area (Å²) in [5.41, 5.74) is 6.10. The van der Waals surface area contributed by atoms with Gasteiger partial charge in [0.2, 0.25) is 5.91 Å². The van der Waals surface area contributed by atoms with Crippen LogP contribution < -0.4 is 11.1 Å². The van der Waals surface area contributed by atoms with Crippen molar-refractivity contribution in [3.63, 3.8) is 0 Å². The maximum absolute atomic E-state index is 11.4. The lowest BCUT2D eigenvalue weighted by Crippen LogP contribution is -2.20. The van der Waals surface area contributed by atoms with Crippen LogP contribution >= 0.6 is 0 Å². The number of benzene rings is 1. The minimum absolute atomic E-state index is 0.136. The largest absolute Gasteiger partial charge is 0.370 e. The van der Waals surface area contributed by atoms with Crippen molar-refractivity contribution in [2.24, 2.45) is 5.73 Å². The Hall–Kier alpha value is -1.40. The number of hydrogen-bond acceptors (Lipinski definition) is 4. The number of hydrogen-bond donors (Lipinski definition) is 2. The summed E-state index contributed by atoms with van der Waals surface area (Å²) >= 11 is 0. The van der Waals surface area contributed by atoms with Crippen LogP contribution in [0.25, 0.3) is 0 Å². The van der Waals surface area contributed by atoms with E-state index >= 15 is 0 Å². The zero-order chi connectivity index (χ0) is 15.2. The fourth-order valence-corrected chi connectivity index (χ4v) is 2.49. The molecular weight excluding hydrogens is 276 g/mol. The van der Waals surface area contributed by atoms with Gasteiger partial charge >= 0.3 is 0 Å². The van der Waals surface area contributed by atoms with E-state index in [2.05, 4.69) is 5.32 Å². The normalized spacial score (nSPS) is 13.1. The molecule has 1 aromatic rings. The van der Waals surface area contributed by atoms with Crippen molar-refractivity contribution in [1.82, 2.24) is 5.32 Å². The molecule has 1 rings (SSSR count). The van der Waals surface area contributed by atoms with Gasteiger partial charge in [0, 0.05) is 18.7 Å². The van der Waals surface area contributed by atoms with Crippen molar-refractivity contribution in [3.05, 3.63) is 29.8 Å². The molecule has 0 radical (unpaired) electrons. The van der Waals surface area contributed by atoms with Gasteiger partial charge in [-0.15, -0.1) is 0 Å². The van der Waals surface area contributed by atoms with Crippen LogP contribution in [0.2, 0.25) is 0 Å². The number of carbonyl (C=O) groups is 1. The van der Waals surface area contributed by atoms with Gasteiger partial charge in [0.15, 0.2) is 9.84 Å². The first kappa shape index (κ1) is 16.7. The number of nitrogens with two attached hydrogens (primary N) is 1. The monoisotopic (exact) mass is 298 g/mol. The van der Waals surface area contributed by atoms with Crippen LogP contribution in [0.5, 0.6) is 0 Å². The van der Waals surface area contributed by atoms with Crippen LogP contribution in [0.3, 0.4) is 0 Å². The van der Waals surface area contributed by atoms with Gasteiger partial charge in [-0.3, -0.25) is 4.79 Å².